The summed E-state index contributed by atoms with van der Waals surface area (Å²) in [4.78, 5) is 24.4. The molecule has 6 heteroatoms. The number of aliphatic hydroxyl groups is 2. The number of allylic oxidation sites excluding steroid dienone is 9. The summed E-state index contributed by atoms with van der Waals surface area (Å²) in [7, 11) is 0. The first kappa shape index (κ1) is 59.6. The Labute approximate surface area is 384 Å². The highest BCUT2D eigenvalue weighted by molar-refractivity contribution is 5.76. The normalized spacial score (nSPS) is 13.2. The van der Waals surface area contributed by atoms with Crippen LogP contribution < -0.4 is 5.32 Å². The molecule has 0 saturated carbocycles. The van der Waals surface area contributed by atoms with Gasteiger partial charge in [-0.05, 0) is 103 Å². The number of unbranched alkanes of at least 4 members (excludes halogenated alkanes) is 29. The maximum absolute atomic E-state index is 12.4. The molecule has 0 aromatic rings. The van der Waals surface area contributed by atoms with Crippen LogP contribution in [0.25, 0.3) is 0 Å². The molecule has 0 aliphatic rings. The summed E-state index contributed by atoms with van der Waals surface area (Å²) in [5.74, 6) is -0.113. The van der Waals surface area contributed by atoms with E-state index in [1.165, 1.54) is 141 Å². The average molecular weight is 868 g/mol. The molecule has 2 unspecified atom stereocenters. The first-order chi connectivity index (χ1) is 30.5. The molecule has 0 saturated heterocycles. The van der Waals surface area contributed by atoms with Crippen molar-refractivity contribution in [1.29, 1.82) is 0 Å². The number of nitrogens with one attached hydrogen (secondary N) is 1. The molecule has 62 heavy (non-hydrogen) atoms. The monoisotopic (exact) mass is 868 g/mol. The lowest BCUT2D eigenvalue weighted by Gasteiger charge is -2.20. The highest BCUT2D eigenvalue weighted by atomic mass is 16.5. The van der Waals surface area contributed by atoms with Crippen molar-refractivity contribution in [3.05, 3.63) is 60.8 Å². The van der Waals surface area contributed by atoms with Gasteiger partial charge in [0.05, 0.1) is 25.4 Å². The van der Waals surface area contributed by atoms with Gasteiger partial charge >= 0.3 is 5.97 Å². The van der Waals surface area contributed by atoms with E-state index >= 15 is 0 Å². The van der Waals surface area contributed by atoms with Gasteiger partial charge in [-0.15, -0.1) is 0 Å². The molecule has 1 amide bonds. The van der Waals surface area contributed by atoms with E-state index in [2.05, 4.69) is 67.8 Å². The molecule has 0 fully saturated rings. The fraction of sp³-hybridized carbons (Fsp3) is 0.786. The molecule has 0 rings (SSSR count). The first-order valence-corrected chi connectivity index (χ1v) is 26.6. The first-order valence-electron chi connectivity index (χ1n) is 26.6. The van der Waals surface area contributed by atoms with E-state index < -0.39 is 12.1 Å². The molecule has 0 aromatic carbocycles. The van der Waals surface area contributed by atoms with Gasteiger partial charge in [0, 0.05) is 12.8 Å². The van der Waals surface area contributed by atoms with E-state index in [4.69, 9.17) is 4.74 Å². The molecule has 3 N–H and O–H groups in total. The van der Waals surface area contributed by atoms with Crippen molar-refractivity contribution in [3.8, 4) is 0 Å². The molecule has 0 aliphatic heterocycles. The van der Waals surface area contributed by atoms with E-state index in [-0.39, 0.29) is 18.5 Å². The number of rotatable bonds is 48. The summed E-state index contributed by atoms with van der Waals surface area (Å²) in [6, 6.07) is -0.640. The second-order valence-corrected chi connectivity index (χ2v) is 17.8. The van der Waals surface area contributed by atoms with Crippen molar-refractivity contribution in [2.24, 2.45) is 0 Å². The summed E-state index contributed by atoms with van der Waals surface area (Å²) in [6.07, 6.45) is 65.2. The summed E-state index contributed by atoms with van der Waals surface area (Å²) < 4.78 is 5.45. The number of carbonyl (C=O) groups is 2. The van der Waals surface area contributed by atoms with Gasteiger partial charge in [0.2, 0.25) is 5.91 Å². The van der Waals surface area contributed by atoms with Gasteiger partial charge in [0.1, 0.15) is 0 Å². The largest absolute Gasteiger partial charge is 0.466 e. The van der Waals surface area contributed by atoms with Crippen molar-refractivity contribution in [2.45, 2.75) is 270 Å². The Hall–Kier alpha value is -2.44. The molecule has 0 spiro atoms. The Morgan fingerprint density at radius 3 is 1.24 bits per heavy atom. The maximum atomic E-state index is 12.4. The number of hydrogen-bond donors (Lipinski definition) is 3. The Morgan fingerprint density at radius 2 is 0.806 bits per heavy atom. The van der Waals surface area contributed by atoms with Crippen LogP contribution in [0.2, 0.25) is 0 Å². The molecule has 0 radical (unpaired) electrons. The van der Waals surface area contributed by atoms with Crippen LogP contribution in [0.1, 0.15) is 258 Å². The molecule has 2 atom stereocenters. The highest BCUT2D eigenvalue weighted by Crippen LogP contribution is 2.14. The Balaban J connectivity index is 3.52. The van der Waals surface area contributed by atoms with Gasteiger partial charge in [-0.1, -0.05) is 203 Å². The summed E-state index contributed by atoms with van der Waals surface area (Å²) in [5, 5.41) is 22.9. The number of esters is 1. The fourth-order valence-electron chi connectivity index (χ4n) is 7.63. The predicted molar refractivity (Wildman–Crippen MR) is 268 cm³/mol. The zero-order chi connectivity index (χ0) is 45.1. The predicted octanol–water partition coefficient (Wildman–Crippen LogP) is 16.0. The van der Waals surface area contributed by atoms with Crippen molar-refractivity contribution in [1.82, 2.24) is 5.32 Å². The molecule has 6 nitrogen and oxygen atoms in total. The number of ether oxygens (including phenoxy) is 1. The van der Waals surface area contributed by atoms with E-state index in [1.807, 2.05) is 6.08 Å². The summed E-state index contributed by atoms with van der Waals surface area (Å²) >= 11 is 0. The van der Waals surface area contributed by atoms with Gasteiger partial charge in [0.25, 0.3) is 0 Å². The molecular formula is C56H101NO5. The van der Waals surface area contributed by atoms with Crippen LogP contribution in [0.4, 0.5) is 0 Å². The number of amides is 1. The molecule has 0 aliphatic carbocycles. The van der Waals surface area contributed by atoms with Crippen molar-refractivity contribution in [2.75, 3.05) is 13.2 Å². The molecule has 0 aromatic heterocycles. The maximum Gasteiger partial charge on any atom is 0.305 e. The number of hydrogen-bond acceptors (Lipinski definition) is 5. The zero-order valence-electron chi connectivity index (χ0n) is 40.8. The van der Waals surface area contributed by atoms with Crippen LogP contribution in [0, 0.1) is 0 Å². The van der Waals surface area contributed by atoms with E-state index in [1.54, 1.807) is 6.08 Å². The second-order valence-electron chi connectivity index (χ2n) is 17.8. The smallest absolute Gasteiger partial charge is 0.305 e. The van der Waals surface area contributed by atoms with E-state index in [0.717, 1.165) is 89.9 Å². The fourth-order valence-corrected chi connectivity index (χ4v) is 7.63. The third kappa shape index (κ3) is 47.0. The van der Waals surface area contributed by atoms with Crippen LogP contribution in [0.3, 0.4) is 0 Å². The SMILES string of the molecule is CCCCCC/C=C\C/C=C\CCCCCCCCCC(=O)OCCCCC/C=C\C/C=C\CCCCCCCCCC(=O)NC(CO)C(O)/C=C/CCCCCCCCCC. The molecule has 0 bridgehead atoms. The Bertz CT molecular complexity index is 1090. The minimum atomic E-state index is -0.854. The highest BCUT2D eigenvalue weighted by Gasteiger charge is 2.18. The minimum Gasteiger partial charge on any atom is -0.466 e. The lowest BCUT2D eigenvalue weighted by Crippen LogP contribution is -2.45. The zero-order valence-corrected chi connectivity index (χ0v) is 40.8. The topological polar surface area (TPSA) is 95.9 Å². The average Bonchev–Trinajstić information content (AvgIpc) is 3.27. The molecule has 360 valence electrons. The van der Waals surface area contributed by atoms with Crippen molar-refractivity contribution in [3.63, 3.8) is 0 Å². The van der Waals surface area contributed by atoms with Crippen LogP contribution in [0.5, 0.6) is 0 Å². The minimum absolute atomic E-state index is 0.0251. The van der Waals surface area contributed by atoms with Crippen molar-refractivity contribution >= 4 is 11.9 Å². The van der Waals surface area contributed by atoms with E-state index in [9.17, 15) is 19.8 Å². The second kappa shape index (κ2) is 51.2. The number of carbonyl (C=O) groups excluding carboxylic acids is 2. The van der Waals surface area contributed by atoms with Crippen LogP contribution in [-0.2, 0) is 14.3 Å². The third-order valence-electron chi connectivity index (χ3n) is 11.8. The van der Waals surface area contributed by atoms with Gasteiger partial charge in [0.15, 0.2) is 0 Å². The number of aliphatic hydroxyl groups excluding tert-OH is 2. The quantitative estimate of drug-likeness (QED) is 0.0322. The molecule has 0 heterocycles. The standard InChI is InChI=1S/C56H101NO5/c1-3-5-7-9-11-13-15-16-17-18-21-24-27-30-34-38-42-46-50-56(61)62-51-47-43-39-35-31-28-25-22-19-20-23-26-29-33-37-41-45-49-55(60)57-53(52-58)54(59)48-44-40-36-32-14-12-10-8-6-4-2/h13,15,17-19,22,28,31,44,48,53-54,58-59H,3-12,14,16,20-21,23-27,29-30,32-43,45-47,49-52H2,1-2H3,(H,57,60)/b15-13-,18-17-,22-19-,31-28-,48-44+. The van der Waals surface area contributed by atoms with Gasteiger partial charge in [-0.3, -0.25) is 9.59 Å². The van der Waals surface area contributed by atoms with Crippen LogP contribution >= 0.6 is 0 Å². The third-order valence-corrected chi connectivity index (χ3v) is 11.8. The van der Waals surface area contributed by atoms with Gasteiger partial charge in [-0.25, -0.2) is 0 Å². The van der Waals surface area contributed by atoms with Gasteiger partial charge < -0.3 is 20.3 Å². The lowest BCUT2D eigenvalue weighted by molar-refractivity contribution is -0.143. The van der Waals surface area contributed by atoms with Crippen LogP contribution in [-0.4, -0.2) is 47.4 Å². The van der Waals surface area contributed by atoms with Crippen molar-refractivity contribution < 1.29 is 24.5 Å². The lowest BCUT2D eigenvalue weighted by atomic mass is 10.1. The van der Waals surface area contributed by atoms with Gasteiger partial charge in [-0.2, -0.15) is 0 Å². The Kier molecular flexibility index (Phi) is 49.2. The summed E-state index contributed by atoms with van der Waals surface area (Å²) in [6.45, 7) is 4.80. The van der Waals surface area contributed by atoms with E-state index in [0.29, 0.717) is 19.4 Å². The molecular weight excluding hydrogens is 767 g/mol. The van der Waals surface area contributed by atoms with Crippen LogP contribution in [0.15, 0.2) is 60.8 Å². The Morgan fingerprint density at radius 1 is 0.452 bits per heavy atom. The summed E-state index contributed by atoms with van der Waals surface area (Å²) in [5.41, 5.74) is 0.